The second-order valence-electron chi connectivity index (χ2n) is 6.12. The van der Waals surface area contributed by atoms with Gasteiger partial charge in [0.25, 0.3) is 0 Å². The van der Waals surface area contributed by atoms with Crippen LogP contribution in [0.1, 0.15) is 6.92 Å². The number of carbonyl (C=O) groups excluding carboxylic acids is 1. The maximum absolute atomic E-state index is 12.6. The standard InChI is InChI=1S/C21H14BrClN4O2/c1-13(28)27(18-8-3-2-7-16(18)23)21-19(17-9-10-24-12-25-17)20(26-29-21)14-5-4-6-15(22)11-14/h2-12H,1H3. The zero-order valence-electron chi connectivity index (χ0n) is 15.2. The first-order valence-corrected chi connectivity index (χ1v) is 9.80. The lowest BCUT2D eigenvalue weighted by atomic mass is 10.0. The Morgan fingerprint density at radius 2 is 1.97 bits per heavy atom. The summed E-state index contributed by atoms with van der Waals surface area (Å²) in [4.78, 5) is 22.4. The van der Waals surface area contributed by atoms with E-state index in [1.54, 1.807) is 36.5 Å². The summed E-state index contributed by atoms with van der Waals surface area (Å²) in [6.45, 7) is 1.44. The van der Waals surface area contributed by atoms with Gasteiger partial charge in [-0.1, -0.05) is 57.0 Å². The highest BCUT2D eigenvalue weighted by atomic mass is 79.9. The Bertz CT molecular complexity index is 1180. The molecule has 2 aromatic heterocycles. The van der Waals surface area contributed by atoms with E-state index in [0.717, 1.165) is 10.0 Å². The molecule has 2 aromatic carbocycles. The number of benzene rings is 2. The van der Waals surface area contributed by atoms with Gasteiger partial charge in [-0.15, -0.1) is 0 Å². The van der Waals surface area contributed by atoms with Gasteiger partial charge >= 0.3 is 0 Å². The molecule has 0 saturated heterocycles. The number of anilines is 2. The predicted octanol–water partition coefficient (Wildman–Crippen LogP) is 5.90. The van der Waals surface area contributed by atoms with Crippen molar-refractivity contribution in [2.24, 2.45) is 0 Å². The van der Waals surface area contributed by atoms with Crippen molar-refractivity contribution in [3.63, 3.8) is 0 Å². The van der Waals surface area contributed by atoms with Gasteiger partial charge in [-0.05, 0) is 30.3 Å². The molecule has 144 valence electrons. The molecule has 0 unspecified atom stereocenters. The summed E-state index contributed by atoms with van der Waals surface area (Å²) in [7, 11) is 0. The number of halogens is 2. The molecule has 0 aliphatic rings. The minimum Gasteiger partial charge on any atom is -0.336 e. The molecule has 6 nitrogen and oxygen atoms in total. The molecule has 4 rings (SSSR count). The van der Waals surface area contributed by atoms with Crippen LogP contribution in [-0.2, 0) is 4.79 Å². The van der Waals surface area contributed by atoms with E-state index in [4.69, 9.17) is 16.1 Å². The lowest BCUT2D eigenvalue weighted by Gasteiger charge is -2.20. The van der Waals surface area contributed by atoms with Gasteiger partial charge in [0.15, 0.2) is 0 Å². The van der Waals surface area contributed by atoms with Gasteiger partial charge in [0.05, 0.1) is 22.0 Å². The first kappa shape index (κ1) is 19.3. The van der Waals surface area contributed by atoms with E-state index in [1.165, 1.54) is 18.2 Å². The van der Waals surface area contributed by atoms with Crippen molar-refractivity contribution < 1.29 is 9.32 Å². The number of amides is 1. The number of hydrogen-bond donors (Lipinski definition) is 0. The first-order valence-electron chi connectivity index (χ1n) is 8.63. The maximum Gasteiger partial charge on any atom is 0.248 e. The molecular formula is C21H14BrClN4O2. The van der Waals surface area contributed by atoms with Crippen molar-refractivity contribution in [2.75, 3.05) is 4.90 Å². The number of aromatic nitrogens is 3. The number of carbonyl (C=O) groups is 1. The molecule has 0 aliphatic heterocycles. The van der Waals surface area contributed by atoms with Gasteiger partial charge in [-0.3, -0.25) is 4.79 Å². The Labute approximate surface area is 180 Å². The number of nitrogens with zero attached hydrogens (tertiary/aromatic N) is 4. The molecule has 0 bridgehead atoms. The van der Waals surface area contributed by atoms with E-state index in [2.05, 4.69) is 31.1 Å². The van der Waals surface area contributed by atoms with Crippen LogP contribution in [0, 0.1) is 0 Å². The zero-order chi connectivity index (χ0) is 20.4. The van der Waals surface area contributed by atoms with Gasteiger partial charge in [0.1, 0.15) is 12.0 Å². The number of rotatable bonds is 4. The zero-order valence-corrected chi connectivity index (χ0v) is 17.6. The molecule has 0 spiro atoms. The third-order valence-corrected chi connectivity index (χ3v) is 5.03. The summed E-state index contributed by atoms with van der Waals surface area (Å²) in [6, 6.07) is 16.4. The van der Waals surface area contributed by atoms with Crippen LogP contribution >= 0.6 is 27.5 Å². The number of para-hydroxylation sites is 1. The second kappa shape index (κ2) is 8.14. The molecule has 0 radical (unpaired) electrons. The topological polar surface area (TPSA) is 72.1 Å². The molecule has 0 aliphatic carbocycles. The predicted molar refractivity (Wildman–Crippen MR) is 115 cm³/mol. The minimum atomic E-state index is -0.273. The molecule has 0 saturated carbocycles. The highest BCUT2D eigenvalue weighted by Crippen LogP contribution is 2.43. The van der Waals surface area contributed by atoms with Crippen molar-refractivity contribution in [1.82, 2.24) is 15.1 Å². The average Bonchev–Trinajstić information content (AvgIpc) is 3.15. The molecule has 4 aromatic rings. The largest absolute Gasteiger partial charge is 0.336 e. The summed E-state index contributed by atoms with van der Waals surface area (Å²) in [6.07, 6.45) is 3.06. The van der Waals surface area contributed by atoms with Crippen molar-refractivity contribution in [2.45, 2.75) is 6.92 Å². The van der Waals surface area contributed by atoms with Gasteiger partial charge < -0.3 is 4.52 Å². The molecule has 0 N–H and O–H groups in total. The van der Waals surface area contributed by atoms with E-state index >= 15 is 0 Å². The summed E-state index contributed by atoms with van der Waals surface area (Å²) in [5.74, 6) is -0.0374. The Morgan fingerprint density at radius 1 is 1.14 bits per heavy atom. The normalized spacial score (nSPS) is 10.7. The van der Waals surface area contributed by atoms with Gasteiger partial charge in [-0.25, -0.2) is 14.9 Å². The Balaban J connectivity index is 1.99. The third kappa shape index (κ3) is 3.79. The smallest absolute Gasteiger partial charge is 0.248 e. The Kier molecular flexibility index (Phi) is 5.42. The average molecular weight is 470 g/mol. The van der Waals surface area contributed by atoms with Crippen LogP contribution in [0.15, 0.2) is 76.1 Å². The van der Waals surface area contributed by atoms with Crippen LogP contribution < -0.4 is 4.90 Å². The Hall–Kier alpha value is -3.03. The van der Waals surface area contributed by atoms with E-state index in [1.807, 2.05) is 24.3 Å². The van der Waals surface area contributed by atoms with Crippen molar-refractivity contribution in [3.05, 3.63) is 76.6 Å². The lowest BCUT2D eigenvalue weighted by Crippen LogP contribution is -2.23. The minimum absolute atomic E-state index is 0.235. The van der Waals surface area contributed by atoms with Crippen molar-refractivity contribution in [3.8, 4) is 22.5 Å². The number of hydrogen-bond acceptors (Lipinski definition) is 5. The molecular weight excluding hydrogens is 456 g/mol. The van der Waals surface area contributed by atoms with Crippen molar-refractivity contribution >= 4 is 45.0 Å². The second-order valence-corrected chi connectivity index (χ2v) is 7.45. The van der Waals surface area contributed by atoms with E-state index in [9.17, 15) is 4.79 Å². The monoisotopic (exact) mass is 468 g/mol. The van der Waals surface area contributed by atoms with Crippen LogP contribution in [0.4, 0.5) is 11.6 Å². The molecule has 2 heterocycles. The summed E-state index contributed by atoms with van der Waals surface area (Å²) in [5.41, 5.74) is 3.00. The van der Waals surface area contributed by atoms with E-state index in [0.29, 0.717) is 27.7 Å². The van der Waals surface area contributed by atoms with Crippen LogP contribution in [0.5, 0.6) is 0 Å². The van der Waals surface area contributed by atoms with Gasteiger partial charge in [0.2, 0.25) is 11.8 Å². The quantitative estimate of drug-likeness (QED) is 0.372. The van der Waals surface area contributed by atoms with Crippen LogP contribution in [0.2, 0.25) is 5.02 Å². The fraction of sp³-hybridized carbons (Fsp3) is 0.0476. The summed E-state index contributed by atoms with van der Waals surface area (Å²) >= 11 is 9.85. The van der Waals surface area contributed by atoms with Crippen LogP contribution in [0.25, 0.3) is 22.5 Å². The molecule has 1 amide bonds. The van der Waals surface area contributed by atoms with E-state index in [-0.39, 0.29) is 11.8 Å². The van der Waals surface area contributed by atoms with Crippen molar-refractivity contribution in [1.29, 1.82) is 0 Å². The summed E-state index contributed by atoms with van der Waals surface area (Å²) in [5, 5.41) is 4.68. The molecule has 0 atom stereocenters. The molecule has 29 heavy (non-hydrogen) atoms. The lowest BCUT2D eigenvalue weighted by molar-refractivity contribution is -0.116. The first-order chi connectivity index (χ1) is 14.1. The summed E-state index contributed by atoms with van der Waals surface area (Å²) < 4.78 is 6.59. The van der Waals surface area contributed by atoms with Gasteiger partial charge in [-0.2, -0.15) is 0 Å². The van der Waals surface area contributed by atoms with Crippen LogP contribution in [-0.4, -0.2) is 21.0 Å². The van der Waals surface area contributed by atoms with Gasteiger partial charge in [0, 0.05) is 23.2 Å². The highest BCUT2D eigenvalue weighted by molar-refractivity contribution is 9.10. The highest BCUT2D eigenvalue weighted by Gasteiger charge is 2.29. The maximum atomic E-state index is 12.6. The van der Waals surface area contributed by atoms with Crippen LogP contribution in [0.3, 0.4) is 0 Å². The SMILES string of the molecule is CC(=O)N(c1ccccc1Cl)c1onc(-c2cccc(Br)c2)c1-c1ccncn1. The molecule has 0 fully saturated rings. The fourth-order valence-corrected chi connectivity index (χ4v) is 3.61. The third-order valence-electron chi connectivity index (χ3n) is 4.22. The fourth-order valence-electron chi connectivity index (χ4n) is 2.99. The van der Waals surface area contributed by atoms with E-state index < -0.39 is 0 Å². The Morgan fingerprint density at radius 3 is 2.66 bits per heavy atom. The molecule has 8 heteroatoms.